The molecule has 33 heavy (non-hydrogen) atoms. The fraction of sp³-hybridized carbons (Fsp3) is 0.692. The lowest BCUT2D eigenvalue weighted by Crippen LogP contribution is -2.74. The first-order chi connectivity index (χ1) is 15.8. The van der Waals surface area contributed by atoms with Crippen LogP contribution >= 0.6 is 0 Å². The number of amides is 2. The summed E-state index contributed by atoms with van der Waals surface area (Å²) in [4.78, 5) is 27.2. The van der Waals surface area contributed by atoms with Gasteiger partial charge in [-0.1, -0.05) is 30.3 Å². The summed E-state index contributed by atoms with van der Waals surface area (Å²) in [5.74, 6) is 0.563. The molecule has 0 bridgehead atoms. The first kappa shape index (κ1) is 24.0. The number of hydrogen-bond donors (Lipinski definition) is 2. The van der Waals surface area contributed by atoms with Crippen molar-refractivity contribution in [2.24, 2.45) is 0 Å². The van der Waals surface area contributed by atoms with Crippen molar-refractivity contribution in [2.45, 2.75) is 88.5 Å². The zero-order valence-electron chi connectivity index (χ0n) is 20.3. The molecule has 0 aromatic heterocycles. The van der Waals surface area contributed by atoms with Crippen LogP contribution in [-0.2, 0) is 14.3 Å². The van der Waals surface area contributed by atoms with Gasteiger partial charge in [0, 0.05) is 13.1 Å². The minimum atomic E-state index is -0.572. The Labute approximate surface area is 197 Å². The topological polar surface area (TPSA) is 79.9 Å². The maximum Gasteiger partial charge on any atom is 0.410 e. The van der Waals surface area contributed by atoms with Crippen LogP contribution in [0.15, 0.2) is 30.3 Å². The van der Waals surface area contributed by atoms with Crippen molar-refractivity contribution in [3.05, 3.63) is 35.9 Å². The van der Waals surface area contributed by atoms with Crippen LogP contribution in [0.5, 0.6) is 0 Å². The summed E-state index contributed by atoms with van der Waals surface area (Å²) in [7, 11) is 0. The second-order valence-electron chi connectivity index (χ2n) is 10.8. The van der Waals surface area contributed by atoms with E-state index in [0.29, 0.717) is 32.2 Å². The third-order valence-electron chi connectivity index (χ3n) is 7.21. The third-order valence-corrected chi connectivity index (χ3v) is 7.21. The Kier molecular flexibility index (Phi) is 7.29. The van der Waals surface area contributed by atoms with Gasteiger partial charge in [-0.3, -0.25) is 4.79 Å². The SMILES string of the molecule is CC(C)(C)OC(=O)N1CCCC2(CNCC(=O)N2)C1COC1CCC(c2ccccc2)CC1. The molecule has 2 N–H and O–H groups in total. The summed E-state index contributed by atoms with van der Waals surface area (Å²) < 4.78 is 12.2. The van der Waals surface area contributed by atoms with E-state index in [0.717, 1.165) is 38.5 Å². The molecule has 0 radical (unpaired) electrons. The molecule has 2 unspecified atom stereocenters. The van der Waals surface area contributed by atoms with Crippen molar-refractivity contribution < 1.29 is 19.1 Å². The molecular formula is C26H39N3O4. The molecular weight excluding hydrogens is 418 g/mol. The van der Waals surface area contributed by atoms with Crippen LogP contribution in [0.25, 0.3) is 0 Å². The fourth-order valence-electron chi connectivity index (χ4n) is 5.61. The number of piperidine rings is 1. The van der Waals surface area contributed by atoms with Gasteiger partial charge in [0.2, 0.25) is 5.91 Å². The number of nitrogens with one attached hydrogen (secondary N) is 2. The number of likely N-dealkylation sites (tertiary alicyclic amines) is 1. The highest BCUT2D eigenvalue weighted by molar-refractivity contribution is 5.80. The second-order valence-corrected chi connectivity index (χ2v) is 10.8. The number of hydrogen-bond acceptors (Lipinski definition) is 5. The Hall–Kier alpha value is -2.12. The van der Waals surface area contributed by atoms with E-state index < -0.39 is 11.1 Å². The molecule has 2 amide bonds. The highest BCUT2D eigenvalue weighted by atomic mass is 16.6. The van der Waals surface area contributed by atoms with E-state index >= 15 is 0 Å². The fourth-order valence-corrected chi connectivity index (χ4v) is 5.61. The van der Waals surface area contributed by atoms with Crippen molar-refractivity contribution >= 4 is 12.0 Å². The molecule has 2 aliphatic heterocycles. The maximum atomic E-state index is 13.1. The largest absolute Gasteiger partial charge is 0.444 e. The predicted octanol–water partition coefficient (Wildman–Crippen LogP) is 3.59. The Morgan fingerprint density at radius 3 is 2.55 bits per heavy atom. The second kappa shape index (κ2) is 10.0. The first-order valence-electron chi connectivity index (χ1n) is 12.4. The summed E-state index contributed by atoms with van der Waals surface area (Å²) in [5.41, 5.74) is 0.317. The highest BCUT2D eigenvalue weighted by Gasteiger charge is 2.49. The number of ether oxygens (including phenoxy) is 2. The molecule has 4 rings (SSSR count). The minimum absolute atomic E-state index is 0.0272. The van der Waals surface area contributed by atoms with E-state index in [1.807, 2.05) is 20.8 Å². The van der Waals surface area contributed by atoms with Gasteiger partial charge in [0.05, 0.1) is 30.8 Å². The third kappa shape index (κ3) is 5.87. The van der Waals surface area contributed by atoms with Crippen molar-refractivity contribution in [1.82, 2.24) is 15.5 Å². The summed E-state index contributed by atoms with van der Waals surface area (Å²) >= 11 is 0. The normalized spacial score (nSPS) is 30.7. The van der Waals surface area contributed by atoms with Gasteiger partial charge in [0.15, 0.2) is 0 Å². The van der Waals surface area contributed by atoms with Gasteiger partial charge in [-0.05, 0) is 70.8 Å². The summed E-state index contributed by atoms with van der Waals surface area (Å²) in [6, 6.07) is 10.5. The predicted molar refractivity (Wildman–Crippen MR) is 127 cm³/mol. The molecule has 3 fully saturated rings. The van der Waals surface area contributed by atoms with Gasteiger partial charge < -0.3 is 25.0 Å². The average molecular weight is 458 g/mol. The molecule has 2 atom stereocenters. The number of rotatable bonds is 4. The lowest BCUT2D eigenvalue weighted by Gasteiger charge is -2.52. The molecule has 1 aromatic rings. The summed E-state index contributed by atoms with van der Waals surface area (Å²) in [5, 5.41) is 6.46. The summed E-state index contributed by atoms with van der Waals surface area (Å²) in [6.07, 6.45) is 5.73. The number of piperazine rings is 1. The van der Waals surface area contributed by atoms with Gasteiger partial charge in [-0.25, -0.2) is 4.79 Å². The van der Waals surface area contributed by atoms with E-state index in [2.05, 4.69) is 41.0 Å². The van der Waals surface area contributed by atoms with Gasteiger partial charge >= 0.3 is 6.09 Å². The molecule has 3 aliphatic rings. The monoisotopic (exact) mass is 457 g/mol. The number of carbonyl (C=O) groups is 2. The standard InChI is InChI=1S/C26H39N3O4/c1-25(2,3)33-24(31)29-15-7-14-26(18-27-16-23(30)28-26)22(29)17-32-21-12-10-20(11-13-21)19-8-5-4-6-9-19/h4-6,8-9,20-22,27H,7,10-18H2,1-3H3,(H,28,30). The molecule has 1 spiro atoms. The van der Waals surface area contributed by atoms with Crippen molar-refractivity contribution in [3.63, 3.8) is 0 Å². The van der Waals surface area contributed by atoms with Gasteiger partial charge in [-0.2, -0.15) is 0 Å². The Balaban J connectivity index is 1.43. The van der Waals surface area contributed by atoms with E-state index in [4.69, 9.17) is 9.47 Å². The Morgan fingerprint density at radius 1 is 1.15 bits per heavy atom. The molecule has 7 heteroatoms. The van der Waals surface area contributed by atoms with Crippen LogP contribution in [-0.4, -0.2) is 66.4 Å². The van der Waals surface area contributed by atoms with Crippen LogP contribution in [0, 0.1) is 0 Å². The number of carbonyl (C=O) groups excluding carboxylic acids is 2. The average Bonchev–Trinajstić information content (AvgIpc) is 2.78. The highest BCUT2D eigenvalue weighted by Crippen LogP contribution is 2.35. The minimum Gasteiger partial charge on any atom is -0.444 e. The van der Waals surface area contributed by atoms with Crippen molar-refractivity contribution in [1.29, 1.82) is 0 Å². The van der Waals surface area contributed by atoms with E-state index in [9.17, 15) is 9.59 Å². The molecule has 2 heterocycles. The molecule has 1 aromatic carbocycles. The van der Waals surface area contributed by atoms with Crippen LogP contribution in [0.1, 0.15) is 70.8 Å². The molecule has 1 aliphatic carbocycles. The maximum absolute atomic E-state index is 13.1. The zero-order valence-corrected chi connectivity index (χ0v) is 20.3. The van der Waals surface area contributed by atoms with Gasteiger partial charge in [0.25, 0.3) is 0 Å². The van der Waals surface area contributed by atoms with Crippen LogP contribution in [0.4, 0.5) is 4.79 Å². The number of nitrogens with zero attached hydrogens (tertiary/aromatic N) is 1. The van der Waals surface area contributed by atoms with Gasteiger partial charge in [-0.15, -0.1) is 0 Å². The van der Waals surface area contributed by atoms with E-state index in [1.54, 1.807) is 4.90 Å². The van der Waals surface area contributed by atoms with Crippen molar-refractivity contribution in [3.8, 4) is 0 Å². The van der Waals surface area contributed by atoms with Crippen molar-refractivity contribution in [2.75, 3.05) is 26.2 Å². The lowest BCUT2D eigenvalue weighted by atomic mass is 9.79. The Morgan fingerprint density at radius 2 is 1.88 bits per heavy atom. The van der Waals surface area contributed by atoms with E-state index in [1.165, 1.54) is 5.56 Å². The van der Waals surface area contributed by atoms with Crippen LogP contribution in [0.3, 0.4) is 0 Å². The summed E-state index contributed by atoms with van der Waals surface area (Å²) in [6.45, 7) is 7.60. The smallest absolute Gasteiger partial charge is 0.410 e. The lowest BCUT2D eigenvalue weighted by molar-refractivity contribution is -0.128. The first-order valence-corrected chi connectivity index (χ1v) is 12.4. The Bertz CT molecular complexity index is 813. The molecule has 2 saturated heterocycles. The molecule has 1 saturated carbocycles. The zero-order chi connectivity index (χ0) is 23.5. The number of benzene rings is 1. The quantitative estimate of drug-likeness (QED) is 0.722. The molecule has 182 valence electrons. The van der Waals surface area contributed by atoms with Crippen LogP contribution in [0.2, 0.25) is 0 Å². The van der Waals surface area contributed by atoms with Gasteiger partial charge in [0.1, 0.15) is 5.60 Å². The molecule has 7 nitrogen and oxygen atoms in total. The van der Waals surface area contributed by atoms with E-state index in [-0.39, 0.29) is 24.1 Å². The van der Waals surface area contributed by atoms with Crippen LogP contribution < -0.4 is 10.6 Å².